The molecule has 1 aromatic carbocycles. The molecule has 3 rings (SSSR count). The van der Waals surface area contributed by atoms with E-state index in [0.29, 0.717) is 12.5 Å². The number of benzene rings is 1. The normalized spacial score (nSPS) is 21.0. The highest BCUT2D eigenvalue weighted by Crippen LogP contribution is 2.31. The second kappa shape index (κ2) is 8.09. The van der Waals surface area contributed by atoms with E-state index in [-0.39, 0.29) is 12.1 Å². The highest BCUT2D eigenvalue weighted by molar-refractivity contribution is 5.74. The molecule has 0 aromatic heterocycles. The largest absolute Gasteiger partial charge is 0.376 e. The fourth-order valence-corrected chi connectivity index (χ4v) is 3.83. The van der Waals surface area contributed by atoms with Gasteiger partial charge in [0.2, 0.25) is 0 Å². The maximum Gasteiger partial charge on any atom is 0.317 e. The van der Waals surface area contributed by atoms with Crippen molar-refractivity contribution in [2.24, 2.45) is 0 Å². The number of hydrogen-bond donors (Lipinski definition) is 1. The van der Waals surface area contributed by atoms with Crippen molar-refractivity contribution in [2.45, 2.75) is 45.6 Å². The average molecular weight is 345 g/mol. The molecule has 0 saturated carbocycles. The minimum absolute atomic E-state index is 0.0454. The Bertz CT molecular complexity index is 589. The lowest BCUT2D eigenvalue weighted by Crippen LogP contribution is -2.53. The summed E-state index contributed by atoms with van der Waals surface area (Å²) in [5.74, 6) is 0.502. The minimum atomic E-state index is 0.0454. The highest BCUT2D eigenvalue weighted by Gasteiger charge is 2.25. The lowest BCUT2D eigenvalue weighted by atomic mass is 9.97. The quantitative estimate of drug-likeness (QED) is 0.912. The van der Waals surface area contributed by atoms with Gasteiger partial charge in [-0.3, -0.25) is 0 Å². The third kappa shape index (κ3) is 4.27. The van der Waals surface area contributed by atoms with Crippen molar-refractivity contribution in [3.8, 4) is 0 Å². The predicted molar refractivity (Wildman–Crippen MR) is 101 cm³/mol. The lowest BCUT2D eigenvalue weighted by Gasteiger charge is -2.38. The Hall–Kier alpha value is -1.75. The molecule has 0 spiro atoms. The third-order valence-electron chi connectivity index (χ3n) is 5.28. The molecule has 138 valence electrons. The van der Waals surface area contributed by atoms with Crippen molar-refractivity contribution < 1.29 is 9.53 Å². The van der Waals surface area contributed by atoms with Crippen molar-refractivity contribution >= 4 is 11.7 Å². The van der Waals surface area contributed by atoms with E-state index in [1.807, 2.05) is 4.90 Å². The van der Waals surface area contributed by atoms with Crippen LogP contribution in [0.15, 0.2) is 18.2 Å². The first-order valence-electron chi connectivity index (χ1n) is 9.55. The van der Waals surface area contributed by atoms with Gasteiger partial charge in [-0.1, -0.05) is 32.0 Å². The van der Waals surface area contributed by atoms with Gasteiger partial charge < -0.3 is 19.9 Å². The van der Waals surface area contributed by atoms with Gasteiger partial charge in [0, 0.05) is 45.0 Å². The summed E-state index contributed by atoms with van der Waals surface area (Å²) in [5.41, 5.74) is 4.08. The van der Waals surface area contributed by atoms with Crippen LogP contribution in [0.2, 0.25) is 0 Å². The van der Waals surface area contributed by atoms with E-state index in [4.69, 9.17) is 4.74 Å². The molecule has 0 aliphatic carbocycles. The summed E-state index contributed by atoms with van der Waals surface area (Å²) in [6, 6.07) is 6.60. The number of carbonyl (C=O) groups is 1. The maximum atomic E-state index is 12.4. The smallest absolute Gasteiger partial charge is 0.317 e. The Morgan fingerprint density at radius 3 is 2.68 bits per heavy atom. The van der Waals surface area contributed by atoms with Crippen LogP contribution < -0.4 is 10.2 Å². The Morgan fingerprint density at radius 2 is 2.04 bits per heavy atom. The first-order valence-corrected chi connectivity index (χ1v) is 9.55. The van der Waals surface area contributed by atoms with E-state index >= 15 is 0 Å². The monoisotopic (exact) mass is 345 g/mol. The molecule has 1 N–H and O–H groups in total. The van der Waals surface area contributed by atoms with E-state index in [1.54, 1.807) is 0 Å². The van der Waals surface area contributed by atoms with E-state index in [0.717, 1.165) is 45.6 Å². The number of ether oxygens (including phenoxy) is 1. The van der Waals surface area contributed by atoms with Crippen LogP contribution in [0, 0.1) is 6.92 Å². The van der Waals surface area contributed by atoms with Crippen molar-refractivity contribution in [3.63, 3.8) is 0 Å². The number of piperazine rings is 1. The first-order chi connectivity index (χ1) is 12.1. The molecule has 2 heterocycles. The lowest BCUT2D eigenvalue weighted by molar-refractivity contribution is 0.108. The van der Waals surface area contributed by atoms with Crippen LogP contribution in [0.1, 0.15) is 43.7 Å². The van der Waals surface area contributed by atoms with Gasteiger partial charge in [0.25, 0.3) is 0 Å². The van der Waals surface area contributed by atoms with Crippen LogP contribution in [0.25, 0.3) is 0 Å². The fraction of sp³-hybridized carbons (Fsp3) is 0.650. The summed E-state index contributed by atoms with van der Waals surface area (Å²) in [7, 11) is 0. The average Bonchev–Trinajstić information content (AvgIpc) is 3.13. The van der Waals surface area contributed by atoms with Crippen LogP contribution in [0.5, 0.6) is 0 Å². The SMILES string of the molecule is Cc1cccc(C(C)C)c1N1CCN(C(=O)NCC2CCCO2)CC1. The molecule has 1 unspecified atom stereocenters. The van der Waals surface area contributed by atoms with Crippen LogP contribution in [-0.4, -0.2) is 56.4 Å². The van der Waals surface area contributed by atoms with Crippen molar-refractivity contribution in [3.05, 3.63) is 29.3 Å². The number of hydrogen-bond acceptors (Lipinski definition) is 3. The molecule has 5 heteroatoms. The molecule has 2 amide bonds. The second-order valence-electron chi connectivity index (χ2n) is 7.46. The van der Waals surface area contributed by atoms with Crippen molar-refractivity contribution in [2.75, 3.05) is 44.2 Å². The molecule has 2 aliphatic rings. The maximum absolute atomic E-state index is 12.4. The zero-order valence-corrected chi connectivity index (χ0v) is 15.8. The molecule has 2 fully saturated rings. The molecule has 2 saturated heterocycles. The van der Waals surface area contributed by atoms with E-state index in [1.165, 1.54) is 16.8 Å². The molecule has 25 heavy (non-hydrogen) atoms. The minimum Gasteiger partial charge on any atom is -0.376 e. The van der Waals surface area contributed by atoms with Gasteiger partial charge in [0.15, 0.2) is 0 Å². The molecule has 1 atom stereocenters. The Labute approximate surface area is 151 Å². The summed E-state index contributed by atoms with van der Waals surface area (Å²) in [6.07, 6.45) is 2.36. The van der Waals surface area contributed by atoms with Crippen LogP contribution in [0.4, 0.5) is 10.5 Å². The van der Waals surface area contributed by atoms with Gasteiger partial charge >= 0.3 is 6.03 Å². The summed E-state index contributed by atoms with van der Waals surface area (Å²) in [6.45, 7) is 11.4. The number of anilines is 1. The van der Waals surface area contributed by atoms with Crippen molar-refractivity contribution in [1.29, 1.82) is 0 Å². The van der Waals surface area contributed by atoms with E-state index < -0.39 is 0 Å². The number of urea groups is 1. The van der Waals surface area contributed by atoms with Gasteiger partial charge in [0.1, 0.15) is 0 Å². The Kier molecular flexibility index (Phi) is 5.84. The molecule has 2 aliphatic heterocycles. The molecule has 0 radical (unpaired) electrons. The fourth-order valence-electron chi connectivity index (χ4n) is 3.83. The Morgan fingerprint density at radius 1 is 1.28 bits per heavy atom. The number of carbonyl (C=O) groups excluding carboxylic acids is 1. The molecule has 0 bridgehead atoms. The van der Waals surface area contributed by atoms with E-state index in [2.05, 4.69) is 49.2 Å². The second-order valence-corrected chi connectivity index (χ2v) is 7.46. The van der Waals surface area contributed by atoms with Crippen LogP contribution in [-0.2, 0) is 4.74 Å². The zero-order valence-electron chi connectivity index (χ0n) is 15.8. The summed E-state index contributed by atoms with van der Waals surface area (Å²) < 4.78 is 5.57. The summed E-state index contributed by atoms with van der Waals surface area (Å²) in [4.78, 5) is 16.7. The van der Waals surface area contributed by atoms with Gasteiger partial charge in [0.05, 0.1) is 6.10 Å². The van der Waals surface area contributed by atoms with Crippen molar-refractivity contribution in [1.82, 2.24) is 10.2 Å². The number of rotatable bonds is 4. The van der Waals surface area contributed by atoms with Gasteiger partial charge in [-0.15, -0.1) is 0 Å². The summed E-state index contributed by atoms with van der Waals surface area (Å²) >= 11 is 0. The number of nitrogens with one attached hydrogen (secondary N) is 1. The standard InChI is InChI=1S/C20H31N3O2/c1-15(2)18-8-4-6-16(3)19(18)22-9-11-23(12-10-22)20(24)21-14-17-7-5-13-25-17/h4,6,8,15,17H,5,7,9-14H2,1-3H3,(H,21,24). The number of amides is 2. The first kappa shape index (κ1) is 18.1. The topological polar surface area (TPSA) is 44.8 Å². The third-order valence-corrected chi connectivity index (χ3v) is 5.28. The Balaban J connectivity index is 1.56. The molecular formula is C20H31N3O2. The predicted octanol–water partition coefficient (Wildman–Crippen LogP) is 3.13. The number of para-hydroxylation sites is 1. The summed E-state index contributed by atoms with van der Waals surface area (Å²) in [5, 5.41) is 3.03. The zero-order chi connectivity index (χ0) is 17.8. The van der Waals surface area contributed by atoms with Crippen LogP contribution >= 0.6 is 0 Å². The van der Waals surface area contributed by atoms with Crippen LogP contribution in [0.3, 0.4) is 0 Å². The highest BCUT2D eigenvalue weighted by atomic mass is 16.5. The molecule has 5 nitrogen and oxygen atoms in total. The molecule has 1 aromatic rings. The molecular weight excluding hydrogens is 314 g/mol. The van der Waals surface area contributed by atoms with Gasteiger partial charge in [-0.05, 0) is 36.8 Å². The number of nitrogens with zero attached hydrogens (tertiary/aromatic N) is 2. The number of aryl methyl sites for hydroxylation is 1. The van der Waals surface area contributed by atoms with E-state index in [9.17, 15) is 4.79 Å². The van der Waals surface area contributed by atoms with Gasteiger partial charge in [-0.2, -0.15) is 0 Å². The van der Waals surface area contributed by atoms with Gasteiger partial charge in [-0.25, -0.2) is 4.79 Å².